The van der Waals surface area contributed by atoms with Crippen LogP contribution in [0.3, 0.4) is 0 Å². The predicted molar refractivity (Wildman–Crippen MR) is 116 cm³/mol. The lowest BCUT2D eigenvalue weighted by Gasteiger charge is -2.29. The molecule has 148 valence electrons. The second kappa shape index (κ2) is 12.3. The summed E-state index contributed by atoms with van der Waals surface area (Å²) in [6, 6.07) is 6.46. The summed E-state index contributed by atoms with van der Waals surface area (Å²) in [5.41, 5.74) is 0. The lowest BCUT2D eigenvalue weighted by Crippen LogP contribution is -2.42. The monoisotopic (exact) mass is 478 g/mol. The number of rotatable bonds is 7. The maximum Gasteiger partial charge on any atom is 0.191 e. The van der Waals surface area contributed by atoms with Crippen molar-refractivity contribution in [1.82, 2.24) is 15.5 Å². The van der Waals surface area contributed by atoms with Crippen LogP contribution < -0.4 is 15.4 Å². The quantitative estimate of drug-likeness (QED) is 0.359. The van der Waals surface area contributed by atoms with Crippen LogP contribution in [0.2, 0.25) is 0 Å². The largest absolute Gasteiger partial charge is 0.486 e. The van der Waals surface area contributed by atoms with Crippen molar-refractivity contribution in [1.29, 1.82) is 0 Å². The van der Waals surface area contributed by atoms with Gasteiger partial charge in [0, 0.05) is 13.1 Å². The second-order valence-electron chi connectivity index (χ2n) is 6.71. The Balaban J connectivity index is 0.00000338. The van der Waals surface area contributed by atoms with Gasteiger partial charge in [0.25, 0.3) is 0 Å². The number of likely N-dealkylation sites (tertiary alicyclic amines) is 1. The third-order valence-corrected chi connectivity index (χ3v) is 4.41. The first-order valence-corrected chi connectivity index (χ1v) is 9.20. The number of para-hydroxylation sites is 1. The molecular formula is C19H32FIN4O. The highest BCUT2D eigenvalue weighted by Crippen LogP contribution is 2.17. The number of nitrogens with zero attached hydrogens (tertiary/aromatic N) is 2. The number of ether oxygens (including phenoxy) is 1. The van der Waals surface area contributed by atoms with Gasteiger partial charge in [0.2, 0.25) is 0 Å². The van der Waals surface area contributed by atoms with Crippen LogP contribution in [0.25, 0.3) is 0 Å². The molecule has 0 saturated carbocycles. The maximum absolute atomic E-state index is 13.6. The minimum absolute atomic E-state index is 0. The van der Waals surface area contributed by atoms with E-state index in [4.69, 9.17) is 4.74 Å². The fourth-order valence-corrected chi connectivity index (χ4v) is 2.86. The van der Waals surface area contributed by atoms with E-state index in [0.717, 1.165) is 32.1 Å². The SMILES string of the molecule is CCNC(=NCC(C)Oc1ccccc1F)NCC1CCN(C)CC1.I. The Morgan fingerprint density at radius 3 is 2.65 bits per heavy atom. The molecule has 26 heavy (non-hydrogen) atoms. The van der Waals surface area contributed by atoms with Gasteiger partial charge in [-0.1, -0.05) is 12.1 Å². The van der Waals surface area contributed by atoms with Crippen LogP contribution in [0.1, 0.15) is 26.7 Å². The molecule has 1 aliphatic heterocycles. The maximum atomic E-state index is 13.6. The molecule has 1 fully saturated rings. The van der Waals surface area contributed by atoms with Gasteiger partial charge in [-0.05, 0) is 64.9 Å². The topological polar surface area (TPSA) is 48.9 Å². The Hall–Kier alpha value is -1.09. The number of hydrogen-bond donors (Lipinski definition) is 2. The molecular weight excluding hydrogens is 446 g/mol. The first kappa shape index (κ1) is 23.0. The minimum atomic E-state index is -0.342. The first-order valence-electron chi connectivity index (χ1n) is 9.20. The Bertz CT molecular complexity index is 550. The molecule has 0 aliphatic carbocycles. The molecule has 7 heteroatoms. The van der Waals surface area contributed by atoms with Gasteiger partial charge in [-0.2, -0.15) is 0 Å². The molecule has 1 aromatic rings. The zero-order valence-corrected chi connectivity index (χ0v) is 18.3. The van der Waals surface area contributed by atoms with Crippen molar-refractivity contribution >= 4 is 29.9 Å². The molecule has 0 bridgehead atoms. The number of hydrogen-bond acceptors (Lipinski definition) is 3. The highest BCUT2D eigenvalue weighted by Gasteiger charge is 2.16. The molecule has 2 N–H and O–H groups in total. The fourth-order valence-electron chi connectivity index (χ4n) is 2.86. The highest BCUT2D eigenvalue weighted by atomic mass is 127. The number of guanidine groups is 1. The van der Waals surface area contributed by atoms with E-state index >= 15 is 0 Å². The molecule has 0 aromatic heterocycles. The summed E-state index contributed by atoms with van der Waals surface area (Å²) < 4.78 is 19.3. The lowest BCUT2D eigenvalue weighted by molar-refractivity contribution is 0.218. The summed E-state index contributed by atoms with van der Waals surface area (Å²) >= 11 is 0. The molecule has 1 heterocycles. The van der Waals surface area contributed by atoms with Crippen molar-refractivity contribution in [3.05, 3.63) is 30.1 Å². The van der Waals surface area contributed by atoms with E-state index in [2.05, 4.69) is 27.6 Å². The van der Waals surface area contributed by atoms with Crippen LogP contribution in [0.15, 0.2) is 29.3 Å². The van der Waals surface area contributed by atoms with Gasteiger partial charge in [-0.25, -0.2) is 9.38 Å². The number of nitrogens with one attached hydrogen (secondary N) is 2. The van der Waals surface area contributed by atoms with Gasteiger partial charge in [0.05, 0.1) is 6.54 Å². The van der Waals surface area contributed by atoms with Gasteiger partial charge in [0.15, 0.2) is 17.5 Å². The van der Waals surface area contributed by atoms with Crippen molar-refractivity contribution < 1.29 is 9.13 Å². The molecule has 0 spiro atoms. The van der Waals surface area contributed by atoms with Crippen LogP contribution in [-0.2, 0) is 0 Å². The Morgan fingerprint density at radius 1 is 1.31 bits per heavy atom. The molecule has 1 aromatic carbocycles. The molecule has 1 atom stereocenters. The van der Waals surface area contributed by atoms with Gasteiger partial charge in [0.1, 0.15) is 6.10 Å². The number of piperidine rings is 1. The van der Waals surface area contributed by atoms with Crippen LogP contribution in [-0.4, -0.2) is 56.7 Å². The van der Waals surface area contributed by atoms with Crippen molar-refractivity contribution in [2.75, 3.05) is 39.8 Å². The molecule has 2 rings (SSSR count). The van der Waals surface area contributed by atoms with Gasteiger partial charge < -0.3 is 20.3 Å². The summed E-state index contributed by atoms with van der Waals surface area (Å²) in [5.74, 6) is 1.41. The molecule has 5 nitrogen and oxygen atoms in total. The average molecular weight is 478 g/mol. The van der Waals surface area contributed by atoms with E-state index in [1.54, 1.807) is 18.2 Å². The van der Waals surface area contributed by atoms with Crippen molar-refractivity contribution in [3.63, 3.8) is 0 Å². The number of aliphatic imine (C=N–C) groups is 1. The van der Waals surface area contributed by atoms with E-state index in [1.165, 1.54) is 18.9 Å². The third kappa shape index (κ3) is 8.07. The summed E-state index contributed by atoms with van der Waals surface area (Å²) in [5, 5.41) is 6.69. The van der Waals surface area contributed by atoms with Crippen molar-refractivity contribution in [3.8, 4) is 5.75 Å². The van der Waals surface area contributed by atoms with Gasteiger partial charge in [-0.3, -0.25) is 0 Å². The highest BCUT2D eigenvalue weighted by molar-refractivity contribution is 14.0. The predicted octanol–water partition coefficient (Wildman–Crippen LogP) is 3.11. The first-order chi connectivity index (χ1) is 12.1. The van der Waals surface area contributed by atoms with Crippen molar-refractivity contribution in [2.24, 2.45) is 10.9 Å². The smallest absolute Gasteiger partial charge is 0.191 e. The second-order valence-corrected chi connectivity index (χ2v) is 6.71. The molecule has 1 saturated heterocycles. The van der Waals surface area contributed by atoms with Crippen LogP contribution in [0, 0.1) is 11.7 Å². The summed E-state index contributed by atoms with van der Waals surface area (Å²) in [4.78, 5) is 6.95. The molecule has 1 unspecified atom stereocenters. The van der Waals surface area contributed by atoms with Gasteiger partial charge in [-0.15, -0.1) is 24.0 Å². The Kier molecular flexibility index (Phi) is 10.9. The van der Waals surface area contributed by atoms with Gasteiger partial charge >= 0.3 is 0 Å². The standard InChI is InChI=1S/C19H31FN4O.HI/c1-4-21-19(23-14-16-9-11-24(3)12-10-16)22-13-15(2)25-18-8-6-5-7-17(18)20;/h5-8,15-16H,4,9-14H2,1-3H3,(H2,21,22,23);1H. The zero-order chi connectivity index (χ0) is 18.1. The Labute approximate surface area is 173 Å². The van der Waals surface area contributed by atoms with E-state index < -0.39 is 0 Å². The minimum Gasteiger partial charge on any atom is -0.486 e. The van der Waals surface area contributed by atoms with E-state index in [0.29, 0.717) is 12.5 Å². The molecule has 0 radical (unpaired) electrons. The van der Waals surface area contributed by atoms with Crippen LogP contribution in [0.5, 0.6) is 5.75 Å². The molecule has 1 aliphatic rings. The van der Waals surface area contributed by atoms with Crippen molar-refractivity contribution in [2.45, 2.75) is 32.8 Å². The Morgan fingerprint density at radius 2 is 2.00 bits per heavy atom. The fraction of sp³-hybridized carbons (Fsp3) is 0.632. The normalized spacial score (nSPS) is 17.3. The molecule has 0 amide bonds. The third-order valence-electron chi connectivity index (χ3n) is 4.41. The van der Waals surface area contributed by atoms with E-state index in [1.807, 2.05) is 13.8 Å². The summed E-state index contributed by atoms with van der Waals surface area (Å²) in [6.07, 6.45) is 2.24. The van der Waals surface area contributed by atoms with Crippen LogP contribution in [0.4, 0.5) is 4.39 Å². The summed E-state index contributed by atoms with van der Waals surface area (Å²) in [7, 11) is 2.17. The average Bonchev–Trinajstić information content (AvgIpc) is 2.61. The van der Waals surface area contributed by atoms with E-state index in [-0.39, 0.29) is 41.6 Å². The van der Waals surface area contributed by atoms with E-state index in [9.17, 15) is 4.39 Å². The number of benzene rings is 1. The number of halogens is 2. The van der Waals surface area contributed by atoms with Crippen LogP contribution >= 0.6 is 24.0 Å². The zero-order valence-electron chi connectivity index (χ0n) is 16.0. The lowest BCUT2D eigenvalue weighted by atomic mass is 9.97. The summed E-state index contributed by atoms with van der Waals surface area (Å²) in [6.45, 7) is 8.48.